The Morgan fingerprint density at radius 1 is 1.37 bits per heavy atom. The van der Waals surface area contributed by atoms with Gasteiger partial charge < -0.3 is 15.5 Å². The van der Waals surface area contributed by atoms with Crippen LogP contribution in [0.25, 0.3) is 33.4 Å². The minimum Gasteiger partial charge on any atom is -0.476 e. The van der Waals surface area contributed by atoms with E-state index in [9.17, 15) is 14.0 Å². The van der Waals surface area contributed by atoms with Gasteiger partial charge in [0.1, 0.15) is 24.0 Å². The largest absolute Gasteiger partial charge is 0.476 e. The van der Waals surface area contributed by atoms with E-state index in [1.807, 2.05) is 0 Å². The molecule has 0 saturated carbocycles. The molecule has 3 N–H and O–H groups in total. The van der Waals surface area contributed by atoms with E-state index in [4.69, 9.17) is 10.5 Å². The van der Waals surface area contributed by atoms with Gasteiger partial charge in [0.2, 0.25) is 5.88 Å². The third-order valence-electron chi connectivity index (χ3n) is 5.01. The third-order valence-corrected chi connectivity index (χ3v) is 5.01. The van der Waals surface area contributed by atoms with Crippen molar-refractivity contribution in [3.8, 4) is 34.3 Å². The summed E-state index contributed by atoms with van der Waals surface area (Å²) in [4.78, 5) is 7.44. The number of H-pyrrole nitrogens is 1. The predicted molar refractivity (Wildman–Crippen MR) is 103 cm³/mol. The first kappa shape index (κ1) is 18.3. The van der Waals surface area contributed by atoms with E-state index in [1.165, 1.54) is 9.36 Å². The second-order valence-corrected chi connectivity index (χ2v) is 7.07. The molecular weight excluding hydrogens is 394 g/mol. The molecule has 4 aromatic rings. The van der Waals surface area contributed by atoms with Gasteiger partial charge in [-0.1, -0.05) is 0 Å². The van der Waals surface area contributed by atoms with Crippen LogP contribution in [-0.2, 0) is 13.6 Å². The fourth-order valence-corrected chi connectivity index (χ4v) is 3.83. The molecule has 1 atom stereocenters. The number of halogens is 2. The first-order valence-corrected chi connectivity index (χ1v) is 9.16. The fourth-order valence-electron chi connectivity index (χ4n) is 3.83. The van der Waals surface area contributed by atoms with Crippen LogP contribution >= 0.6 is 0 Å². The SMILES string of the molecule is Cn1cc(-c2c(-c3c(C(F)F)nn4c3OC[C@@H](N)C4)[nH]c3ncccc23)c(C#N)n1. The molecule has 5 heterocycles. The highest BCUT2D eigenvalue weighted by molar-refractivity contribution is 6.04. The summed E-state index contributed by atoms with van der Waals surface area (Å²) in [5.41, 5.74) is 7.67. The highest BCUT2D eigenvalue weighted by atomic mass is 19.3. The molecule has 0 radical (unpaired) electrons. The molecule has 9 nitrogen and oxygen atoms in total. The molecular formula is C19H16F2N8O. The van der Waals surface area contributed by atoms with Crippen molar-refractivity contribution in [3.63, 3.8) is 0 Å². The normalized spacial score (nSPS) is 15.9. The average molecular weight is 410 g/mol. The topological polar surface area (TPSA) is 123 Å². The Morgan fingerprint density at radius 2 is 2.20 bits per heavy atom. The standard InChI is InChI=1S/C19H16F2N8O/c1-28-7-11(12(5-22)26-28)13-10-3-2-4-24-18(10)25-15(13)14-16(17(20)21)27-29-6-9(23)8-30-19(14)29/h2-4,7,9,17H,6,8,23H2,1H3,(H,24,25)/t9-/m0/s1. The van der Waals surface area contributed by atoms with Crippen LogP contribution in [0.5, 0.6) is 5.88 Å². The van der Waals surface area contributed by atoms with Crippen LogP contribution < -0.4 is 10.5 Å². The van der Waals surface area contributed by atoms with E-state index in [0.717, 1.165) is 0 Å². The summed E-state index contributed by atoms with van der Waals surface area (Å²) >= 11 is 0. The van der Waals surface area contributed by atoms with Crippen molar-refractivity contribution in [2.24, 2.45) is 12.8 Å². The quantitative estimate of drug-likeness (QED) is 0.534. The molecule has 30 heavy (non-hydrogen) atoms. The zero-order valence-electron chi connectivity index (χ0n) is 15.8. The van der Waals surface area contributed by atoms with Crippen molar-refractivity contribution in [2.75, 3.05) is 6.61 Å². The molecule has 1 aliphatic rings. The van der Waals surface area contributed by atoms with Gasteiger partial charge >= 0.3 is 0 Å². The Morgan fingerprint density at radius 3 is 2.97 bits per heavy atom. The fraction of sp³-hybridized carbons (Fsp3) is 0.263. The molecule has 0 spiro atoms. The number of nitrogens with zero attached hydrogens (tertiary/aromatic N) is 6. The Labute approximate surface area is 168 Å². The highest BCUT2D eigenvalue weighted by Crippen LogP contribution is 2.46. The van der Waals surface area contributed by atoms with E-state index < -0.39 is 12.1 Å². The summed E-state index contributed by atoms with van der Waals surface area (Å²) < 4.78 is 36.5. The predicted octanol–water partition coefficient (Wildman–Crippen LogP) is 2.36. The van der Waals surface area contributed by atoms with E-state index in [0.29, 0.717) is 27.9 Å². The lowest BCUT2D eigenvalue weighted by atomic mass is 9.99. The monoisotopic (exact) mass is 410 g/mol. The average Bonchev–Trinajstić information content (AvgIpc) is 3.39. The molecule has 0 bridgehead atoms. The number of hydrogen-bond acceptors (Lipinski definition) is 6. The number of pyridine rings is 1. The number of fused-ring (bicyclic) bond motifs is 2. The maximum Gasteiger partial charge on any atom is 0.282 e. The van der Waals surface area contributed by atoms with Gasteiger partial charge in [-0.25, -0.2) is 18.4 Å². The van der Waals surface area contributed by atoms with E-state index >= 15 is 0 Å². The minimum atomic E-state index is -2.84. The van der Waals surface area contributed by atoms with Crippen LogP contribution in [0.1, 0.15) is 17.8 Å². The number of ether oxygens (including phenoxy) is 1. The second kappa shape index (κ2) is 6.64. The lowest BCUT2D eigenvalue weighted by Gasteiger charge is -2.21. The van der Waals surface area contributed by atoms with Gasteiger partial charge in [-0.15, -0.1) is 0 Å². The lowest BCUT2D eigenvalue weighted by Crippen LogP contribution is -2.37. The molecule has 0 fully saturated rings. The van der Waals surface area contributed by atoms with E-state index in [2.05, 4.69) is 26.2 Å². The van der Waals surface area contributed by atoms with Gasteiger partial charge in [0.05, 0.1) is 23.8 Å². The molecule has 0 amide bonds. The first-order chi connectivity index (χ1) is 14.5. The number of rotatable bonds is 3. The van der Waals surface area contributed by atoms with Crippen LogP contribution in [0.15, 0.2) is 24.5 Å². The zero-order valence-corrected chi connectivity index (χ0v) is 15.8. The number of aromatic nitrogens is 6. The van der Waals surface area contributed by atoms with Gasteiger partial charge in [0, 0.05) is 36.0 Å². The molecule has 0 aromatic carbocycles. The number of nitrogens with one attached hydrogen (secondary N) is 1. The molecule has 11 heteroatoms. The summed E-state index contributed by atoms with van der Waals surface area (Å²) in [5.74, 6) is 0.210. The van der Waals surface area contributed by atoms with Crippen molar-refractivity contribution in [2.45, 2.75) is 19.0 Å². The lowest BCUT2D eigenvalue weighted by molar-refractivity contribution is 0.145. The van der Waals surface area contributed by atoms with Crippen LogP contribution in [0.4, 0.5) is 8.78 Å². The van der Waals surface area contributed by atoms with Gasteiger partial charge in [0.15, 0.2) is 5.69 Å². The molecule has 0 saturated heterocycles. The Hall–Kier alpha value is -3.78. The van der Waals surface area contributed by atoms with Crippen molar-refractivity contribution in [3.05, 3.63) is 35.9 Å². The summed E-state index contributed by atoms with van der Waals surface area (Å²) in [6.07, 6.45) is 0.430. The molecule has 4 aromatic heterocycles. The van der Waals surface area contributed by atoms with Crippen LogP contribution in [0.3, 0.4) is 0 Å². The molecule has 0 unspecified atom stereocenters. The second-order valence-electron chi connectivity index (χ2n) is 7.07. The summed E-state index contributed by atoms with van der Waals surface area (Å²) in [6, 6.07) is 5.27. The summed E-state index contributed by atoms with van der Waals surface area (Å²) in [7, 11) is 1.69. The first-order valence-electron chi connectivity index (χ1n) is 9.16. The molecule has 152 valence electrons. The maximum absolute atomic E-state index is 14.0. The summed E-state index contributed by atoms with van der Waals surface area (Å²) in [5, 5.41) is 18.5. The minimum absolute atomic E-state index is 0.137. The van der Waals surface area contributed by atoms with Gasteiger partial charge in [-0.05, 0) is 12.1 Å². The van der Waals surface area contributed by atoms with Crippen molar-refractivity contribution >= 4 is 11.0 Å². The summed E-state index contributed by atoms with van der Waals surface area (Å²) in [6.45, 7) is 0.449. The van der Waals surface area contributed by atoms with E-state index in [1.54, 1.807) is 31.6 Å². The number of nitrogens with two attached hydrogens (primary N) is 1. The zero-order chi connectivity index (χ0) is 21.0. The van der Waals surface area contributed by atoms with Crippen molar-refractivity contribution in [1.82, 2.24) is 29.5 Å². The van der Waals surface area contributed by atoms with Crippen molar-refractivity contribution in [1.29, 1.82) is 5.26 Å². The third kappa shape index (κ3) is 2.65. The Bertz CT molecular complexity index is 1310. The smallest absolute Gasteiger partial charge is 0.282 e. The van der Waals surface area contributed by atoms with Crippen LogP contribution in [-0.4, -0.2) is 42.2 Å². The number of alkyl halides is 2. The molecule has 5 rings (SSSR count). The number of aromatic amines is 1. The number of aryl methyl sites for hydroxylation is 1. The number of hydrogen-bond donors (Lipinski definition) is 2. The number of nitriles is 1. The highest BCUT2D eigenvalue weighted by Gasteiger charge is 2.33. The van der Waals surface area contributed by atoms with Crippen LogP contribution in [0, 0.1) is 11.3 Å². The van der Waals surface area contributed by atoms with Gasteiger partial charge in [-0.2, -0.15) is 15.5 Å². The van der Waals surface area contributed by atoms with Gasteiger partial charge in [-0.3, -0.25) is 4.68 Å². The molecule has 0 aliphatic carbocycles. The Balaban J connectivity index is 1.87. The van der Waals surface area contributed by atoms with E-state index in [-0.39, 0.29) is 36.3 Å². The van der Waals surface area contributed by atoms with Crippen molar-refractivity contribution < 1.29 is 13.5 Å². The maximum atomic E-state index is 14.0. The molecule has 1 aliphatic heterocycles. The van der Waals surface area contributed by atoms with Gasteiger partial charge in [0.25, 0.3) is 6.43 Å². The Kier molecular flexibility index (Phi) is 4.04. The van der Waals surface area contributed by atoms with Crippen LogP contribution in [0.2, 0.25) is 0 Å².